The van der Waals surface area contributed by atoms with E-state index in [-0.39, 0.29) is 21.2 Å². The summed E-state index contributed by atoms with van der Waals surface area (Å²) >= 11 is 19.5. The van der Waals surface area contributed by atoms with Gasteiger partial charge in [0.25, 0.3) is 15.9 Å². The zero-order valence-corrected chi connectivity index (χ0v) is 20.9. The molecular formula is C21H17Cl3N4O3S2. The third-order valence-electron chi connectivity index (χ3n) is 4.84. The fourth-order valence-electron chi connectivity index (χ4n) is 3.27. The summed E-state index contributed by atoms with van der Waals surface area (Å²) in [6.45, 7) is 1.76. The van der Waals surface area contributed by atoms with Crippen molar-refractivity contribution in [1.29, 1.82) is 0 Å². The summed E-state index contributed by atoms with van der Waals surface area (Å²) in [5.41, 5.74) is 1.30. The van der Waals surface area contributed by atoms with Crippen molar-refractivity contribution in [2.75, 3.05) is 4.72 Å². The van der Waals surface area contributed by atoms with Gasteiger partial charge < -0.3 is 10.0 Å². The molecule has 172 valence electrons. The Morgan fingerprint density at radius 2 is 1.85 bits per heavy atom. The molecule has 0 fully saturated rings. The Labute approximate surface area is 210 Å². The number of halogens is 3. The van der Waals surface area contributed by atoms with Crippen molar-refractivity contribution in [1.82, 2.24) is 14.3 Å². The lowest BCUT2D eigenvalue weighted by molar-refractivity contribution is 0.0941. The van der Waals surface area contributed by atoms with Crippen molar-refractivity contribution >= 4 is 68.6 Å². The molecule has 2 aromatic rings. The van der Waals surface area contributed by atoms with Crippen LogP contribution in [0.1, 0.15) is 28.9 Å². The molecule has 2 aliphatic heterocycles. The standard InChI is InChI=1S/C21H17Cl3N4O3S2/c1-12(15-6-4-13(22)9-17(15)24)26-21(29)16-7-5-14(23)10-18(16)27-33(30,31)20-3-2-8-28-19(20)11-25-32-28/h2-12,25,27H,1H3,(H,26,29)/t12-/m1/s1. The fourth-order valence-corrected chi connectivity index (χ4v) is 5.99. The average molecular weight is 544 g/mol. The van der Waals surface area contributed by atoms with Gasteiger partial charge in [-0.25, -0.2) is 8.42 Å². The molecule has 4 rings (SSSR count). The molecule has 0 saturated heterocycles. The number of amides is 1. The van der Waals surface area contributed by atoms with Gasteiger partial charge in [0.05, 0.1) is 35.1 Å². The second-order valence-electron chi connectivity index (χ2n) is 7.09. The Kier molecular flexibility index (Phi) is 6.88. The molecule has 7 nitrogen and oxygen atoms in total. The number of allylic oxidation sites excluding steroid dienone is 2. The number of anilines is 1. The minimum atomic E-state index is -4.03. The number of benzene rings is 2. The first-order valence-electron chi connectivity index (χ1n) is 9.54. The molecule has 2 aliphatic rings. The van der Waals surface area contributed by atoms with Crippen LogP contribution in [0.25, 0.3) is 0 Å². The van der Waals surface area contributed by atoms with Crippen LogP contribution >= 0.6 is 46.9 Å². The second-order valence-corrected chi connectivity index (χ2v) is 10.8. The van der Waals surface area contributed by atoms with Crippen molar-refractivity contribution in [3.63, 3.8) is 0 Å². The molecule has 1 atom stereocenters. The second kappa shape index (κ2) is 9.52. The van der Waals surface area contributed by atoms with Gasteiger partial charge in [-0.3, -0.25) is 13.8 Å². The molecule has 1 amide bonds. The van der Waals surface area contributed by atoms with E-state index in [9.17, 15) is 13.2 Å². The van der Waals surface area contributed by atoms with Gasteiger partial charge in [0.15, 0.2) is 0 Å². The van der Waals surface area contributed by atoms with E-state index in [1.54, 1.807) is 47.9 Å². The SMILES string of the molecule is C[C@@H](NC(=O)c1ccc(Cl)cc1NS(=O)(=O)C1=CC=CN2SNC=C12)c1ccc(Cl)cc1Cl. The van der Waals surface area contributed by atoms with Gasteiger partial charge in [-0.1, -0.05) is 40.9 Å². The van der Waals surface area contributed by atoms with E-state index in [1.807, 2.05) is 0 Å². The minimum absolute atomic E-state index is 0.0511. The number of carbonyl (C=O) groups excluding carboxylic acids is 1. The van der Waals surface area contributed by atoms with Gasteiger partial charge in [0.1, 0.15) is 4.91 Å². The molecular weight excluding hydrogens is 527 g/mol. The first-order valence-corrected chi connectivity index (χ1v) is 12.9. The van der Waals surface area contributed by atoms with Gasteiger partial charge in [0.2, 0.25) is 0 Å². The summed E-state index contributed by atoms with van der Waals surface area (Å²) in [7, 11) is -4.03. The fraction of sp³-hybridized carbons (Fsp3) is 0.0952. The summed E-state index contributed by atoms with van der Waals surface area (Å²) in [6, 6.07) is 8.88. The smallest absolute Gasteiger partial charge is 0.264 e. The van der Waals surface area contributed by atoms with Crippen LogP contribution in [0.2, 0.25) is 15.1 Å². The maximum atomic E-state index is 13.2. The van der Waals surface area contributed by atoms with Gasteiger partial charge in [-0.2, -0.15) is 0 Å². The van der Waals surface area contributed by atoms with E-state index in [1.165, 1.54) is 36.4 Å². The van der Waals surface area contributed by atoms with Crippen molar-refractivity contribution in [3.05, 3.63) is 97.7 Å². The maximum absolute atomic E-state index is 13.2. The molecule has 0 bridgehead atoms. The van der Waals surface area contributed by atoms with Crippen LogP contribution in [-0.2, 0) is 10.0 Å². The Hall–Kier alpha value is -2.30. The highest BCUT2D eigenvalue weighted by Gasteiger charge is 2.30. The number of hydrogen-bond donors (Lipinski definition) is 3. The molecule has 0 aliphatic carbocycles. The molecule has 0 radical (unpaired) electrons. The van der Waals surface area contributed by atoms with Crippen LogP contribution in [-0.4, -0.2) is 18.6 Å². The Balaban J connectivity index is 1.60. The summed E-state index contributed by atoms with van der Waals surface area (Å²) in [4.78, 5) is 13.1. The largest absolute Gasteiger partial charge is 0.345 e. The van der Waals surface area contributed by atoms with Crippen molar-refractivity contribution in [3.8, 4) is 0 Å². The lowest BCUT2D eigenvalue weighted by atomic mass is 10.1. The average Bonchev–Trinajstić information content (AvgIpc) is 3.22. The molecule has 33 heavy (non-hydrogen) atoms. The molecule has 2 heterocycles. The Morgan fingerprint density at radius 1 is 1.12 bits per heavy atom. The minimum Gasteiger partial charge on any atom is -0.345 e. The van der Waals surface area contributed by atoms with Crippen LogP contribution in [0.3, 0.4) is 0 Å². The van der Waals surface area contributed by atoms with E-state index in [0.29, 0.717) is 21.3 Å². The Morgan fingerprint density at radius 3 is 2.61 bits per heavy atom. The summed E-state index contributed by atoms with van der Waals surface area (Å²) in [6.07, 6.45) is 6.42. The van der Waals surface area contributed by atoms with Crippen LogP contribution in [0.15, 0.2) is 71.6 Å². The summed E-state index contributed by atoms with van der Waals surface area (Å²) in [5, 5.41) is 3.99. The van der Waals surface area contributed by atoms with E-state index < -0.39 is 22.0 Å². The summed E-state index contributed by atoms with van der Waals surface area (Å²) in [5.74, 6) is -0.501. The highest BCUT2D eigenvalue weighted by atomic mass is 35.5. The van der Waals surface area contributed by atoms with E-state index in [4.69, 9.17) is 34.8 Å². The van der Waals surface area contributed by atoms with Crippen LogP contribution in [0, 0.1) is 0 Å². The predicted molar refractivity (Wildman–Crippen MR) is 134 cm³/mol. The number of carbonyl (C=O) groups is 1. The number of hydrogen-bond acceptors (Lipinski definition) is 6. The van der Waals surface area contributed by atoms with E-state index >= 15 is 0 Å². The normalized spacial score (nSPS) is 15.8. The molecule has 0 saturated carbocycles. The number of nitrogens with one attached hydrogen (secondary N) is 3. The van der Waals surface area contributed by atoms with Gasteiger partial charge in [-0.15, -0.1) is 0 Å². The summed E-state index contributed by atoms with van der Waals surface area (Å²) < 4.78 is 33.4. The zero-order chi connectivity index (χ0) is 23.8. The Bertz CT molecular complexity index is 1330. The molecule has 3 N–H and O–H groups in total. The number of fused-ring (bicyclic) bond motifs is 1. The number of sulfonamides is 1. The predicted octanol–water partition coefficient (Wildman–Crippen LogP) is 5.60. The van der Waals surface area contributed by atoms with Crippen LogP contribution in [0.5, 0.6) is 0 Å². The number of nitrogens with zero attached hydrogens (tertiary/aromatic N) is 1. The van der Waals surface area contributed by atoms with Gasteiger partial charge in [0, 0.05) is 27.5 Å². The zero-order valence-electron chi connectivity index (χ0n) is 17.0. The van der Waals surface area contributed by atoms with Gasteiger partial charge >= 0.3 is 0 Å². The lowest BCUT2D eigenvalue weighted by Crippen LogP contribution is -2.28. The van der Waals surface area contributed by atoms with Crippen LogP contribution in [0.4, 0.5) is 5.69 Å². The van der Waals surface area contributed by atoms with Crippen molar-refractivity contribution < 1.29 is 13.2 Å². The molecule has 0 unspecified atom stereocenters. The molecule has 0 spiro atoms. The van der Waals surface area contributed by atoms with E-state index in [2.05, 4.69) is 14.8 Å². The topological polar surface area (TPSA) is 90.5 Å². The highest BCUT2D eigenvalue weighted by molar-refractivity contribution is 7.97. The van der Waals surface area contributed by atoms with E-state index in [0.717, 1.165) is 0 Å². The molecule has 0 aromatic heterocycles. The first-order chi connectivity index (χ1) is 15.7. The van der Waals surface area contributed by atoms with Crippen molar-refractivity contribution in [2.24, 2.45) is 0 Å². The van der Waals surface area contributed by atoms with Crippen LogP contribution < -0.4 is 14.8 Å². The highest BCUT2D eigenvalue weighted by Crippen LogP contribution is 2.35. The third kappa shape index (κ3) is 5.12. The van der Waals surface area contributed by atoms with Gasteiger partial charge in [-0.05, 0) is 55.0 Å². The third-order valence-corrected chi connectivity index (χ3v) is 7.79. The first kappa shape index (κ1) is 23.8. The lowest BCUT2D eigenvalue weighted by Gasteiger charge is -2.22. The molecule has 12 heteroatoms. The number of rotatable bonds is 6. The quantitative estimate of drug-likeness (QED) is 0.411. The maximum Gasteiger partial charge on any atom is 0.264 e. The molecule has 2 aromatic carbocycles. The monoisotopic (exact) mass is 542 g/mol. The van der Waals surface area contributed by atoms with Crippen molar-refractivity contribution in [2.45, 2.75) is 13.0 Å².